The molecule has 1 heterocycles. The minimum absolute atomic E-state index is 0.288. The van der Waals surface area contributed by atoms with Gasteiger partial charge < -0.3 is 9.47 Å². The molecule has 4 heteroatoms. The van der Waals surface area contributed by atoms with E-state index in [0.717, 1.165) is 24.2 Å². The maximum absolute atomic E-state index is 12.2. The molecule has 1 fully saturated rings. The topological polar surface area (TPSA) is 38.8 Å². The van der Waals surface area contributed by atoms with Crippen LogP contribution in [-0.2, 0) is 9.47 Å². The average molecular weight is 297 g/mol. The van der Waals surface area contributed by atoms with E-state index >= 15 is 0 Å². The van der Waals surface area contributed by atoms with Gasteiger partial charge in [0.15, 0.2) is 0 Å². The van der Waals surface area contributed by atoms with Crippen LogP contribution < -0.4 is 0 Å². The van der Waals surface area contributed by atoms with Crippen molar-refractivity contribution in [1.29, 1.82) is 0 Å². The van der Waals surface area contributed by atoms with Gasteiger partial charge >= 0.3 is 5.97 Å². The quantitative estimate of drug-likeness (QED) is 0.814. The molecule has 0 atom stereocenters. The van der Waals surface area contributed by atoms with Crippen LogP contribution in [0, 0.1) is 0 Å². The van der Waals surface area contributed by atoms with Crippen LogP contribution in [0.3, 0.4) is 0 Å². The summed E-state index contributed by atoms with van der Waals surface area (Å²) in [6, 6.07) is 17.5. The zero-order chi connectivity index (χ0) is 15.2. The first-order valence-corrected chi connectivity index (χ1v) is 7.46. The summed E-state index contributed by atoms with van der Waals surface area (Å²) >= 11 is 0. The normalized spacial score (nSPS) is 15.5. The second kappa shape index (κ2) is 7.20. The van der Waals surface area contributed by atoms with Crippen molar-refractivity contribution in [3.8, 4) is 11.1 Å². The first kappa shape index (κ1) is 14.8. The Morgan fingerprint density at radius 3 is 2.50 bits per heavy atom. The largest absolute Gasteiger partial charge is 0.446 e. The molecule has 0 N–H and O–H groups in total. The molecule has 0 aromatic heterocycles. The number of carbonyl (C=O) groups is 1. The molecular weight excluding hydrogens is 278 g/mol. The minimum atomic E-state index is -0.288. The van der Waals surface area contributed by atoms with Crippen molar-refractivity contribution in [1.82, 2.24) is 4.90 Å². The minimum Gasteiger partial charge on any atom is -0.446 e. The van der Waals surface area contributed by atoms with Gasteiger partial charge in [-0.1, -0.05) is 42.5 Å². The van der Waals surface area contributed by atoms with Gasteiger partial charge in [-0.3, -0.25) is 4.90 Å². The van der Waals surface area contributed by atoms with Crippen molar-refractivity contribution in [2.75, 3.05) is 33.0 Å². The summed E-state index contributed by atoms with van der Waals surface area (Å²) in [5.41, 5.74) is 2.68. The Morgan fingerprint density at radius 1 is 1.00 bits per heavy atom. The number of hydrogen-bond donors (Lipinski definition) is 0. The number of rotatable bonds is 4. The van der Waals surface area contributed by atoms with Gasteiger partial charge in [-0.25, -0.2) is 4.79 Å². The van der Waals surface area contributed by atoms with Crippen molar-refractivity contribution in [3.63, 3.8) is 0 Å². The Hall–Kier alpha value is -2.17. The van der Waals surface area contributed by atoms with E-state index in [4.69, 9.17) is 9.47 Å². The van der Waals surface area contributed by atoms with Gasteiger partial charge in [-0.15, -0.1) is 0 Å². The summed E-state index contributed by atoms with van der Waals surface area (Å²) in [5.74, 6) is -0.288. The van der Waals surface area contributed by atoms with Crippen LogP contribution in [0.5, 0.6) is 0 Å². The third-order valence-electron chi connectivity index (χ3n) is 3.69. The summed E-state index contributed by atoms with van der Waals surface area (Å²) in [6.07, 6.45) is 0. The predicted octanol–water partition coefficient (Wildman–Crippen LogP) is 2.80. The average Bonchev–Trinajstić information content (AvgIpc) is 2.61. The second-order valence-corrected chi connectivity index (χ2v) is 5.24. The Balaban J connectivity index is 1.65. The van der Waals surface area contributed by atoms with E-state index in [9.17, 15) is 4.79 Å². The standard InChI is InChI=1S/C18H19NO3/c20-18(22-14-19-9-11-21-12-10-19)17-8-4-7-16(13-17)15-5-2-1-3-6-15/h1-8,13H,9-12,14H2. The first-order chi connectivity index (χ1) is 10.8. The molecule has 1 saturated heterocycles. The lowest BCUT2D eigenvalue weighted by atomic mass is 10.0. The molecule has 1 aliphatic heterocycles. The zero-order valence-electron chi connectivity index (χ0n) is 12.4. The van der Waals surface area contributed by atoms with Gasteiger partial charge in [0.1, 0.15) is 6.73 Å². The lowest BCUT2D eigenvalue weighted by molar-refractivity contribution is -0.0209. The van der Waals surface area contributed by atoms with Crippen molar-refractivity contribution >= 4 is 5.97 Å². The molecule has 0 unspecified atom stereocenters. The molecular formula is C18H19NO3. The van der Waals surface area contributed by atoms with Crippen molar-refractivity contribution in [3.05, 3.63) is 60.2 Å². The highest BCUT2D eigenvalue weighted by atomic mass is 16.5. The molecule has 3 rings (SSSR count). The van der Waals surface area contributed by atoms with Crippen LogP contribution in [0.15, 0.2) is 54.6 Å². The summed E-state index contributed by atoms with van der Waals surface area (Å²) in [4.78, 5) is 14.3. The van der Waals surface area contributed by atoms with E-state index in [1.165, 1.54) is 0 Å². The first-order valence-electron chi connectivity index (χ1n) is 7.46. The molecule has 22 heavy (non-hydrogen) atoms. The van der Waals surface area contributed by atoms with Gasteiger partial charge in [-0.05, 0) is 23.3 Å². The highest BCUT2D eigenvalue weighted by molar-refractivity contribution is 5.91. The van der Waals surface area contributed by atoms with Crippen LogP contribution >= 0.6 is 0 Å². The van der Waals surface area contributed by atoms with Gasteiger partial charge in [0.2, 0.25) is 0 Å². The summed E-state index contributed by atoms with van der Waals surface area (Å²) < 4.78 is 10.7. The molecule has 0 aliphatic carbocycles. The highest BCUT2D eigenvalue weighted by Crippen LogP contribution is 2.20. The van der Waals surface area contributed by atoms with Gasteiger partial charge in [-0.2, -0.15) is 0 Å². The van der Waals surface area contributed by atoms with Crippen molar-refractivity contribution < 1.29 is 14.3 Å². The number of hydrogen-bond acceptors (Lipinski definition) is 4. The van der Waals surface area contributed by atoms with E-state index < -0.39 is 0 Å². The smallest absolute Gasteiger partial charge is 0.339 e. The fourth-order valence-corrected chi connectivity index (χ4v) is 2.42. The fraction of sp³-hybridized carbons (Fsp3) is 0.278. The molecule has 0 saturated carbocycles. The van der Waals surface area contributed by atoms with Gasteiger partial charge in [0.05, 0.1) is 18.8 Å². The maximum atomic E-state index is 12.2. The van der Waals surface area contributed by atoms with Crippen molar-refractivity contribution in [2.24, 2.45) is 0 Å². The monoisotopic (exact) mass is 297 g/mol. The molecule has 0 spiro atoms. The Morgan fingerprint density at radius 2 is 1.73 bits per heavy atom. The van der Waals surface area contributed by atoms with Gasteiger partial charge in [0.25, 0.3) is 0 Å². The number of carbonyl (C=O) groups excluding carboxylic acids is 1. The number of benzene rings is 2. The van der Waals surface area contributed by atoms with Gasteiger partial charge in [0, 0.05) is 13.1 Å². The van der Waals surface area contributed by atoms with Crippen LogP contribution in [0.1, 0.15) is 10.4 Å². The van der Waals surface area contributed by atoms with E-state index in [1.807, 2.05) is 48.5 Å². The predicted molar refractivity (Wildman–Crippen MR) is 84.6 cm³/mol. The Labute approximate surface area is 130 Å². The molecule has 2 aromatic carbocycles. The molecule has 2 aromatic rings. The van der Waals surface area contributed by atoms with E-state index in [1.54, 1.807) is 6.07 Å². The number of nitrogens with zero attached hydrogens (tertiary/aromatic N) is 1. The third kappa shape index (κ3) is 3.72. The molecule has 114 valence electrons. The summed E-state index contributed by atoms with van der Waals surface area (Å²) in [7, 11) is 0. The molecule has 0 bridgehead atoms. The fourth-order valence-electron chi connectivity index (χ4n) is 2.42. The molecule has 1 aliphatic rings. The van der Waals surface area contributed by atoms with E-state index in [2.05, 4.69) is 4.90 Å². The van der Waals surface area contributed by atoms with Crippen LogP contribution in [0.4, 0.5) is 0 Å². The Kier molecular flexibility index (Phi) is 4.83. The van der Waals surface area contributed by atoms with E-state index in [0.29, 0.717) is 25.5 Å². The van der Waals surface area contributed by atoms with Crippen molar-refractivity contribution in [2.45, 2.75) is 0 Å². The second-order valence-electron chi connectivity index (χ2n) is 5.24. The lowest BCUT2D eigenvalue weighted by Gasteiger charge is -2.25. The molecule has 0 radical (unpaired) electrons. The number of esters is 1. The highest BCUT2D eigenvalue weighted by Gasteiger charge is 2.14. The third-order valence-corrected chi connectivity index (χ3v) is 3.69. The Bertz CT molecular complexity index is 621. The lowest BCUT2D eigenvalue weighted by Crippen LogP contribution is -2.38. The maximum Gasteiger partial charge on any atom is 0.339 e. The number of morpholine rings is 1. The van der Waals surface area contributed by atoms with E-state index in [-0.39, 0.29) is 5.97 Å². The number of ether oxygens (including phenoxy) is 2. The molecule has 0 amide bonds. The summed E-state index contributed by atoms with van der Waals surface area (Å²) in [5, 5.41) is 0. The zero-order valence-corrected chi connectivity index (χ0v) is 12.4. The van der Waals surface area contributed by atoms with Crippen LogP contribution in [0.25, 0.3) is 11.1 Å². The SMILES string of the molecule is O=C(OCN1CCOCC1)c1cccc(-c2ccccc2)c1. The van der Waals surface area contributed by atoms with Crippen LogP contribution in [-0.4, -0.2) is 43.9 Å². The molecule has 4 nitrogen and oxygen atoms in total. The van der Waals surface area contributed by atoms with Crippen LogP contribution in [0.2, 0.25) is 0 Å². The summed E-state index contributed by atoms with van der Waals surface area (Å²) in [6.45, 7) is 3.31.